The van der Waals surface area contributed by atoms with Crippen LogP contribution >= 0.6 is 0 Å². The van der Waals surface area contributed by atoms with Gasteiger partial charge in [0, 0.05) is 18.7 Å². The molecule has 0 radical (unpaired) electrons. The van der Waals surface area contributed by atoms with Crippen LogP contribution in [-0.2, 0) is 25.2 Å². The monoisotopic (exact) mass is 332 g/mol. The molecule has 0 N–H and O–H groups in total. The van der Waals surface area contributed by atoms with E-state index in [2.05, 4.69) is 9.89 Å². The van der Waals surface area contributed by atoms with Crippen molar-refractivity contribution in [2.75, 3.05) is 20.3 Å². The summed E-state index contributed by atoms with van der Waals surface area (Å²) >= 11 is 0. The number of rotatable bonds is 4. The van der Waals surface area contributed by atoms with E-state index in [0.717, 1.165) is 0 Å². The zero-order valence-electron chi connectivity index (χ0n) is 13.0. The van der Waals surface area contributed by atoms with Gasteiger partial charge in [-0.1, -0.05) is 5.16 Å². The molecule has 0 saturated carbocycles. The quantitative estimate of drug-likeness (QED) is 0.752. The minimum Gasteiger partial charge on any atom is -0.464 e. The number of methoxy groups -OCH3 is 1. The van der Waals surface area contributed by atoms with Gasteiger partial charge >= 0.3 is 5.97 Å². The molecule has 2 rings (SSSR count). The van der Waals surface area contributed by atoms with Gasteiger partial charge in [-0.3, -0.25) is 0 Å². The molecule has 1 atom stereocenters. The van der Waals surface area contributed by atoms with Crippen LogP contribution in [0.5, 0.6) is 0 Å². The summed E-state index contributed by atoms with van der Waals surface area (Å²) < 4.78 is 41.6. The number of esters is 1. The maximum absolute atomic E-state index is 12.6. The molecule has 124 valence electrons. The summed E-state index contributed by atoms with van der Waals surface area (Å²) in [6.45, 7) is 6.05. The molecule has 0 spiro atoms. The average molecular weight is 332 g/mol. The zero-order chi connectivity index (χ0) is 16.5. The highest BCUT2D eigenvalue weighted by Crippen LogP contribution is 2.25. The van der Waals surface area contributed by atoms with Crippen LogP contribution in [0.15, 0.2) is 10.6 Å². The Morgan fingerprint density at radius 3 is 2.86 bits per heavy atom. The van der Waals surface area contributed by atoms with Crippen LogP contribution in [0.25, 0.3) is 0 Å². The topological polar surface area (TPSA) is 98.9 Å². The van der Waals surface area contributed by atoms with Crippen LogP contribution < -0.4 is 0 Å². The molecule has 0 unspecified atom stereocenters. The summed E-state index contributed by atoms with van der Waals surface area (Å²) in [6.07, 6.45) is 0. The van der Waals surface area contributed by atoms with Crippen molar-refractivity contribution in [1.29, 1.82) is 0 Å². The molecular weight excluding hydrogens is 312 g/mol. The van der Waals surface area contributed by atoms with Crippen LogP contribution in [0.3, 0.4) is 0 Å². The Hall–Kier alpha value is -1.45. The first-order valence-corrected chi connectivity index (χ1v) is 8.43. The zero-order valence-corrected chi connectivity index (χ0v) is 13.8. The lowest BCUT2D eigenvalue weighted by Crippen LogP contribution is -2.55. The molecule has 0 bridgehead atoms. The summed E-state index contributed by atoms with van der Waals surface area (Å²) in [5.74, 6) is -0.942. The highest BCUT2D eigenvalue weighted by atomic mass is 32.2. The Labute approximate surface area is 129 Å². The number of morpholine rings is 1. The molecule has 2 heterocycles. The van der Waals surface area contributed by atoms with E-state index in [9.17, 15) is 13.2 Å². The van der Waals surface area contributed by atoms with Gasteiger partial charge in [-0.25, -0.2) is 13.2 Å². The van der Waals surface area contributed by atoms with Crippen LogP contribution in [0.2, 0.25) is 0 Å². The van der Waals surface area contributed by atoms with Crippen molar-refractivity contribution in [1.82, 2.24) is 9.46 Å². The predicted molar refractivity (Wildman–Crippen MR) is 76.7 cm³/mol. The molecule has 9 heteroatoms. The van der Waals surface area contributed by atoms with E-state index in [0.29, 0.717) is 6.61 Å². The first kappa shape index (κ1) is 16.9. The second-order valence-corrected chi connectivity index (χ2v) is 7.81. The lowest BCUT2D eigenvalue weighted by Gasteiger charge is -2.41. The van der Waals surface area contributed by atoms with Crippen molar-refractivity contribution in [3.05, 3.63) is 17.5 Å². The number of sulfonamides is 1. The Morgan fingerprint density at radius 2 is 2.23 bits per heavy atom. The molecule has 1 aromatic rings. The Balaban J connectivity index is 2.16. The van der Waals surface area contributed by atoms with Gasteiger partial charge in [-0.15, -0.1) is 0 Å². The highest BCUT2D eigenvalue weighted by Gasteiger charge is 2.38. The van der Waals surface area contributed by atoms with E-state index in [1.807, 2.05) is 13.8 Å². The van der Waals surface area contributed by atoms with E-state index in [1.165, 1.54) is 17.5 Å². The maximum Gasteiger partial charge on any atom is 0.360 e. The van der Waals surface area contributed by atoms with Crippen molar-refractivity contribution in [3.63, 3.8) is 0 Å². The summed E-state index contributed by atoms with van der Waals surface area (Å²) in [5.41, 5.74) is -0.596. The minimum atomic E-state index is -3.61. The van der Waals surface area contributed by atoms with Crippen molar-refractivity contribution >= 4 is 16.0 Å². The number of aromatic nitrogens is 1. The first-order chi connectivity index (χ1) is 10.1. The van der Waals surface area contributed by atoms with Crippen LogP contribution in [0.4, 0.5) is 0 Å². The van der Waals surface area contributed by atoms with Gasteiger partial charge in [0.05, 0.1) is 19.3 Å². The molecule has 0 amide bonds. The molecule has 1 aromatic heterocycles. The lowest BCUT2D eigenvalue weighted by molar-refractivity contribution is -0.0849. The third-order valence-electron chi connectivity index (χ3n) is 3.38. The SMILES string of the molecule is COC(=O)c1cc(CS(=O)(=O)N2CC(C)(C)OC[C@@H]2C)on1. The molecule has 1 fully saturated rings. The van der Waals surface area contributed by atoms with E-state index < -0.39 is 21.6 Å². The van der Waals surface area contributed by atoms with Crippen molar-refractivity contribution in [2.24, 2.45) is 0 Å². The minimum absolute atomic E-state index is 0.0527. The third-order valence-corrected chi connectivity index (χ3v) is 5.23. The van der Waals surface area contributed by atoms with E-state index in [4.69, 9.17) is 9.26 Å². The van der Waals surface area contributed by atoms with Crippen LogP contribution in [-0.4, -0.2) is 55.8 Å². The summed E-state index contributed by atoms with van der Waals surface area (Å²) in [5, 5.41) is 3.51. The van der Waals surface area contributed by atoms with E-state index >= 15 is 0 Å². The fraction of sp³-hybridized carbons (Fsp3) is 0.692. The number of carbonyl (C=O) groups is 1. The van der Waals surface area contributed by atoms with Crippen molar-refractivity contribution in [2.45, 2.75) is 38.2 Å². The largest absolute Gasteiger partial charge is 0.464 e. The number of hydrogen-bond donors (Lipinski definition) is 0. The van der Waals surface area contributed by atoms with Gasteiger partial charge in [-0.05, 0) is 20.8 Å². The third kappa shape index (κ3) is 3.65. The summed E-state index contributed by atoms with van der Waals surface area (Å²) in [4.78, 5) is 11.3. The molecule has 22 heavy (non-hydrogen) atoms. The van der Waals surface area contributed by atoms with Crippen LogP contribution in [0, 0.1) is 0 Å². The fourth-order valence-electron chi connectivity index (χ4n) is 2.22. The standard InChI is InChI=1S/C13H20N2O6S/c1-9-6-20-13(2,3)8-15(9)22(17,18)7-10-5-11(14-21-10)12(16)19-4/h5,9H,6-8H2,1-4H3/t9-/m0/s1. The molecule has 0 aromatic carbocycles. The van der Waals surface area contributed by atoms with Crippen molar-refractivity contribution in [3.8, 4) is 0 Å². The average Bonchev–Trinajstić information content (AvgIpc) is 2.88. The molecule has 1 aliphatic heterocycles. The number of ether oxygens (including phenoxy) is 2. The van der Waals surface area contributed by atoms with Crippen molar-refractivity contribution < 1.29 is 27.2 Å². The van der Waals surface area contributed by atoms with Gasteiger partial charge < -0.3 is 14.0 Å². The smallest absolute Gasteiger partial charge is 0.360 e. The molecule has 0 aliphatic carbocycles. The summed E-state index contributed by atoms with van der Waals surface area (Å²) in [7, 11) is -2.40. The lowest BCUT2D eigenvalue weighted by atomic mass is 10.1. The Kier molecular flexibility index (Phi) is 4.59. The highest BCUT2D eigenvalue weighted by molar-refractivity contribution is 7.88. The van der Waals surface area contributed by atoms with Crippen LogP contribution in [0.1, 0.15) is 37.0 Å². The number of carbonyl (C=O) groups excluding carboxylic acids is 1. The summed E-state index contributed by atoms with van der Waals surface area (Å²) in [6, 6.07) is 1.01. The molecular formula is C13H20N2O6S. The Bertz CT molecular complexity index is 651. The van der Waals surface area contributed by atoms with E-state index in [1.54, 1.807) is 6.92 Å². The van der Waals surface area contributed by atoms with E-state index in [-0.39, 0.29) is 29.8 Å². The molecule has 1 saturated heterocycles. The first-order valence-electron chi connectivity index (χ1n) is 6.82. The van der Waals surface area contributed by atoms with Gasteiger partial charge in [-0.2, -0.15) is 4.31 Å². The second kappa shape index (κ2) is 5.98. The second-order valence-electron chi connectivity index (χ2n) is 5.89. The fourth-order valence-corrected chi connectivity index (χ4v) is 4.00. The predicted octanol–water partition coefficient (Wildman–Crippen LogP) is 0.790. The Morgan fingerprint density at radius 1 is 1.55 bits per heavy atom. The molecule has 1 aliphatic rings. The van der Waals surface area contributed by atoms with Gasteiger partial charge in [0.15, 0.2) is 11.5 Å². The number of nitrogens with zero attached hydrogens (tertiary/aromatic N) is 2. The maximum atomic E-state index is 12.6. The van der Waals surface area contributed by atoms with Gasteiger partial charge in [0.25, 0.3) is 0 Å². The van der Waals surface area contributed by atoms with Gasteiger partial charge in [0.2, 0.25) is 10.0 Å². The number of hydrogen-bond acceptors (Lipinski definition) is 7. The molecule has 8 nitrogen and oxygen atoms in total. The normalized spacial score (nSPS) is 22.5. The van der Waals surface area contributed by atoms with Gasteiger partial charge in [0.1, 0.15) is 5.75 Å².